The maximum Gasteiger partial charge on any atom is 0.305 e. The van der Waals surface area contributed by atoms with E-state index >= 15 is 0 Å². The number of aromatic nitrogens is 2. The van der Waals surface area contributed by atoms with E-state index in [2.05, 4.69) is 79.5 Å². The molecule has 0 amide bonds. The van der Waals surface area contributed by atoms with Crippen molar-refractivity contribution in [3.8, 4) is 22.5 Å². The van der Waals surface area contributed by atoms with Gasteiger partial charge in [-0.25, -0.2) is 0 Å². The Kier molecular flexibility index (Phi) is 8.76. The summed E-state index contributed by atoms with van der Waals surface area (Å²) in [5, 5.41) is 0. The topological polar surface area (TPSA) is 33.1 Å². The second-order valence-corrected chi connectivity index (χ2v) is 6.85. The van der Waals surface area contributed by atoms with Crippen molar-refractivity contribution in [1.82, 2.24) is 9.97 Å². The Morgan fingerprint density at radius 1 is 0.778 bits per heavy atom. The van der Waals surface area contributed by atoms with Crippen LogP contribution in [-0.2, 0) is 0 Å². The van der Waals surface area contributed by atoms with Gasteiger partial charge in [-0.1, -0.05) is 87.4 Å². The summed E-state index contributed by atoms with van der Waals surface area (Å²) >= 11 is 0. The molecular weight excluding hydrogens is 398 g/mol. The Morgan fingerprint density at radius 2 is 1.30 bits per heavy atom. The van der Waals surface area contributed by atoms with E-state index in [4.69, 9.17) is 4.98 Å². The molecule has 144 valence electrons. The van der Waals surface area contributed by atoms with E-state index in [1.165, 1.54) is 41.7 Å². The van der Waals surface area contributed by atoms with Crippen molar-refractivity contribution in [2.45, 2.75) is 39.5 Å². The summed E-state index contributed by atoms with van der Waals surface area (Å²) in [6, 6.07) is 21.0. The minimum Gasteiger partial charge on any atom is -1.00 e. The van der Waals surface area contributed by atoms with Gasteiger partial charge in [-0.05, 0) is 12.8 Å². The number of nitrogens with zero attached hydrogens (tertiary/aromatic N) is 1. The summed E-state index contributed by atoms with van der Waals surface area (Å²) in [5.74, 6) is 1.07. The minimum absolute atomic E-state index is 0. The first kappa shape index (κ1) is 21.4. The number of hydrogen-bond donors (Lipinski definition) is 2. The average molecular weight is 428 g/mol. The molecule has 2 aromatic carbocycles. The van der Waals surface area contributed by atoms with Crippen molar-refractivity contribution in [3.63, 3.8) is 0 Å². The number of H-pyrrole nitrogens is 1. The monoisotopic (exact) mass is 427 g/mol. The van der Waals surface area contributed by atoms with Gasteiger partial charge in [-0.15, -0.1) is 0 Å². The lowest BCUT2D eigenvalue weighted by molar-refractivity contribution is -0.838. The van der Waals surface area contributed by atoms with Crippen molar-refractivity contribution < 1.29 is 21.9 Å². The largest absolute Gasteiger partial charge is 1.00 e. The number of halogens is 1. The molecule has 0 saturated heterocycles. The first-order valence-electron chi connectivity index (χ1n) is 9.89. The summed E-state index contributed by atoms with van der Waals surface area (Å²) in [6.07, 6.45) is 4.88. The normalized spacial score (nSPS) is 10.8. The van der Waals surface area contributed by atoms with Gasteiger partial charge in [-0.3, -0.25) is 9.88 Å². The van der Waals surface area contributed by atoms with Crippen LogP contribution in [0, 0.1) is 0 Å². The van der Waals surface area contributed by atoms with Crippen molar-refractivity contribution in [2.24, 2.45) is 0 Å². The predicted octanol–water partition coefficient (Wildman–Crippen LogP) is 1.86. The summed E-state index contributed by atoms with van der Waals surface area (Å²) in [5.41, 5.74) is 4.53. The van der Waals surface area contributed by atoms with Crippen LogP contribution in [0.1, 0.15) is 39.5 Å². The van der Waals surface area contributed by atoms with Gasteiger partial charge >= 0.3 is 5.95 Å². The molecule has 2 N–H and O–H groups in total. The highest BCUT2D eigenvalue weighted by atomic mass is 79.9. The van der Waals surface area contributed by atoms with Gasteiger partial charge in [0.2, 0.25) is 0 Å². The number of benzene rings is 2. The highest BCUT2D eigenvalue weighted by molar-refractivity contribution is 5.79. The fourth-order valence-corrected chi connectivity index (χ4v) is 3.30. The zero-order valence-electron chi connectivity index (χ0n) is 16.3. The van der Waals surface area contributed by atoms with Gasteiger partial charge in [0.25, 0.3) is 0 Å². The third-order valence-electron chi connectivity index (χ3n) is 4.81. The third-order valence-corrected chi connectivity index (χ3v) is 4.81. The van der Waals surface area contributed by atoms with E-state index in [0.29, 0.717) is 0 Å². The molecule has 3 aromatic rings. The molecule has 0 saturated carbocycles. The Labute approximate surface area is 173 Å². The number of imidazole rings is 1. The lowest BCUT2D eigenvalue weighted by Crippen LogP contribution is -3.07. The average Bonchev–Trinajstić information content (AvgIpc) is 3.15. The van der Waals surface area contributed by atoms with Crippen LogP contribution in [0.4, 0.5) is 5.95 Å². The molecule has 1 heterocycles. The van der Waals surface area contributed by atoms with E-state index < -0.39 is 0 Å². The number of hydrogen-bond acceptors (Lipinski definition) is 1. The molecule has 0 aliphatic rings. The predicted molar refractivity (Wildman–Crippen MR) is 110 cm³/mol. The van der Waals surface area contributed by atoms with E-state index in [-0.39, 0.29) is 17.0 Å². The molecule has 0 fully saturated rings. The van der Waals surface area contributed by atoms with Crippen LogP contribution in [0.15, 0.2) is 60.7 Å². The quantitative estimate of drug-likeness (QED) is 0.536. The third kappa shape index (κ3) is 5.53. The zero-order chi connectivity index (χ0) is 18.2. The summed E-state index contributed by atoms with van der Waals surface area (Å²) < 4.78 is 0. The first-order chi connectivity index (χ1) is 12.8. The molecule has 0 bridgehead atoms. The Bertz CT molecular complexity index is 719. The Morgan fingerprint density at radius 3 is 1.81 bits per heavy atom. The standard InChI is InChI=1S/C23H29N3.BrH/c1-3-5-17-26(18-6-4-2)23-24-21(19-13-9-7-10-14-19)22(25-23)20-15-11-8-12-16-20;/h7-16H,3-6,17-18H2,1-2H3,(H,24,25);1H. The van der Waals surface area contributed by atoms with Crippen LogP contribution in [0.5, 0.6) is 0 Å². The number of rotatable bonds is 9. The molecule has 0 atom stereocenters. The highest BCUT2D eigenvalue weighted by Crippen LogP contribution is 2.30. The van der Waals surface area contributed by atoms with E-state index in [9.17, 15) is 0 Å². The Balaban J connectivity index is 0.00000261. The fourth-order valence-electron chi connectivity index (χ4n) is 3.30. The molecule has 0 radical (unpaired) electrons. The van der Waals surface area contributed by atoms with Gasteiger partial charge in [0.1, 0.15) is 5.69 Å². The van der Waals surface area contributed by atoms with Crippen molar-refractivity contribution in [3.05, 3.63) is 60.7 Å². The molecule has 4 heteroatoms. The van der Waals surface area contributed by atoms with Gasteiger partial charge in [0, 0.05) is 11.1 Å². The molecule has 27 heavy (non-hydrogen) atoms. The molecule has 0 unspecified atom stereocenters. The van der Waals surface area contributed by atoms with Gasteiger partial charge in [0.05, 0.1) is 18.8 Å². The minimum atomic E-state index is 0. The van der Waals surface area contributed by atoms with Crippen LogP contribution in [-0.4, -0.2) is 23.1 Å². The fraction of sp³-hybridized carbons (Fsp3) is 0.348. The summed E-state index contributed by atoms with van der Waals surface area (Å²) in [7, 11) is 0. The molecular formula is C23H30BrN3. The lowest BCUT2D eigenvalue weighted by atomic mass is 10.1. The van der Waals surface area contributed by atoms with Crippen molar-refractivity contribution >= 4 is 5.95 Å². The van der Waals surface area contributed by atoms with E-state index in [1.54, 1.807) is 0 Å². The maximum atomic E-state index is 5.07. The van der Waals surface area contributed by atoms with E-state index in [0.717, 1.165) is 30.4 Å². The SMILES string of the molecule is CCCC[NH+](CCCC)c1nc(-c2ccccc2)c(-c2ccccc2)[nH]1.[Br-]. The highest BCUT2D eigenvalue weighted by Gasteiger charge is 2.21. The second kappa shape index (κ2) is 11.1. The second-order valence-electron chi connectivity index (χ2n) is 6.85. The van der Waals surface area contributed by atoms with Crippen molar-refractivity contribution in [2.75, 3.05) is 13.1 Å². The van der Waals surface area contributed by atoms with Crippen LogP contribution in [0.25, 0.3) is 22.5 Å². The molecule has 1 aromatic heterocycles. The molecule has 0 spiro atoms. The first-order valence-corrected chi connectivity index (χ1v) is 9.89. The molecule has 3 rings (SSSR count). The van der Waals surface area contributed by atoms with Gasteiger partial charge < -0.3 is 17.0 Å². The number of aromatic amines is 1. The van der Waals surface area contributed by atoms with Crippen LogP contribution in [0.3, 0.4) is 0 Å². The van der Waals surface area contributed by atoms with Crippen LogP contribution in [0.2, 0.25) is 0 Å². The van der Waals surface area contributed by atoms with E-state index in [1.807, 2.05) is 0 Å². The van der Waals surface area contributed by atoms with Crippen LogP contribution >= 0.6 is 0 Å². The molecule has 0 aliphatic carbocycles. The van der Waals surface area contributed by atoms with Gasteiger partial charge in [0.15, 0.2) is 0 Å². The Hall–Kier alpha value is -1.91. The lowest BCUT2D eigenvalue weighted by Gasteiger charge is -2.15. The number of unbranched alkanes of at least 4 members (excludes halogenated alkanes) is 2. The smallest absolute Gasteiger partial charge is 0.305 e. The van der Waals surface area contributed by atoms with Crippen molar-refractivity contribution in [1.29, 1.82) is 0 Å². The zero-order valence-corrected chi connectivity index (χ0v) is 17.9. The molecule has 3 nitrogen and oxygen atoms in total. The van der Waals surface area contributed by atoms with Crippen LogP contribution < -0.4 is 21.9 Å². The van der Waals surface area contributed by atoms with Gasteiger partial charge in [-0.2, -0.15) is 4.98 Å². The maximum absolute atomic E-state index is 5.07. The number of nitrogens with one attached hydrogen (secondary N) is 2. The summed E-state index contributed by atoms with van der Waals surface area (Å²) in [6.45, 7) is 6.77. The summed E-state index contributed by atoms with van der Waals surface area (Å²) in [4.78, 5) is 10.2. The number of quaternary nitrogens is 1. The molecule has 0 aliphatic heterocycles.